The molecule has 0 bridgehead atoms. The molecule has 6 nitrogen and oxygen atoms in total. The summed E-state index contributed by atoms with van der Waals surface area (Å²) >= 11 is 0. The molecule has 0 amide bonds. The maximum Gasteiger partial charge on any atom is 0.306 e. The van der Waals surface area contributed by atoms with Gasteiger partial charge in [-0.25, -0.2) is 0 Å². The third kappa shape index (κ3) is 62.8. The Hall–Kier alpha value is -3.93. The van der Waals surface area contributed by atoms with Gasteiger partial charge >= 0.3 is 17.9 Å². The SMILES string of the molecule is CC/C=C\C/C=C\C/C=C\C/C=C\C/C=C\C/C=C\C/C=C\C/C=C\C/C=C\CCCC(=O)OCC(COC(=O)CCCCCCCCCCCC)OC(=O)CCCCCCCCCCCCCCCCCCCCCC. The van der Waals surface area contributed by atoms with E-state index in [0.717, 1.165) is 103 Å². The molecule has 6 heteroatoms. The maximum absolute atomic E-state index is 12.9. The lowest BCUT2D eigenvalue weighted by atomic mass is 10.0. The van der Waals surface area contributed by atoms with Crippen molar-refractivity contribution in [3.8, 4) is 0 Å². The minimum atomic E-state index is -0.800. The van der Waals surface area contributed by atoms with Gasteiger partial charge in [-0.15, -0.1) is 0 Å². The molecular formula is C71H120O6. The van der Waals surface area contributed by atoms with Gasteiger partial charge in [0.2, 0.25) is 0 Å². The zero-order chi connectivity index (χ0) is 55.7. The third-order valence-electron chi connectivity index (χ3n) is 13.8. The Balaban J connectivity index is 4.35. The van der Waals surface area contributed by atoms with E-state index in [0.29, 0.717) is 19.3 Å². The number of hydrogen-bond acceptors (Lipinski definition) is 6. The summed E-state index contributed by atoms with van der Waals surface area (Å²) < 4.78 is 16.8. The predicted molar refractivity (Wildman–Crippen MR) is 334 cm³/mol. The second-order valence-corrected chi connectivity index (χ2v) is 21.3. The van der Waals surface area contributed by atoms with Crippen LogP contribution in [0.5, 0.6) is 0 Å². The standard InChI is InChI=1S/C71H120O6/c1-4-7-10-13-16-19-22-24-26-28-30-32-33-34-35-36-37-38-39-40-42-43-45-47-49-52-55-58-61-64-70(73)76-67-68(66-75-69(72)63-60-57-54-51-21-18-15-12-9-6-3)77-71(74)65-62-59-56-53-50-48-46-44-41-31-29-27-25-23-20-17-14-11-8-5-2/h7,10,16,19,24,26,30,32,34-35,37-38,40,42,45,47,52,55,68H,4-6,8-9,11-15,17-18,20-23,25,27-29,31,33,36,39,41,43-44,46,48-51,53-54,56-67H2,1-3H3/b10-7-,19-16-,26-24-,32-30-,35-34-,38-37-,42-40-,47-45-,55-52-. The molecule has 0 aromatic carbocycles. The molecule has 0 aromatic rings. The van der Waals surface area contributed by atoms with Crippen LogP contribution in [-0.2, 0) is 28.6 Å². The maximum atomic E-state index is 12.9. The van der Waals surface area contributed by atoms with E-state index in [4.69, 9.17) is 14.2 Å². The van der Waals surface area contributed by atoms with Crippen molar-refractivity contribution < 1.29 is 28.6 Å². The first-order valence-electron chi connectivity index (χ1n) is 32.4. The fourth-order valence-electron chi connectivity index (χ4n) is 8.98. The molecule has 0 aliphatic carbocycles. The highest BCUT2D eigenvalue weighted by atomic mass is 16.6. The second kappa shape index (κ2) is 64.6. The topological polar surface area (TPSA) is 78.9 Å². The normalized spacial score (nSPS) is 12.8. The van der Waals surface area contributed by atoms with Crippen LogP contribution in [0.25, 0.3) is 0 Å². The Morgan fingerprint density at radius 3 is 0.792 bits per heavy atom. The minimum absolute atomic E-state index is 0.0929. The molecule has 1 unspecified atom stereocenters. The molecule has 0 fully saturated rings. The zero-order valence-corrected chi connectivity index (χ0v) is 50.4. The lowest BCUT2D eigenvalue weighted by molar-refractivity contribution is -0.167. The van der Waals surface area contributed by atoms with Crippen molar-refractivity contribution in [2.75, 3.05) is 13.2 Å². The first kappa shape index (κ1) is 73.1. The minimum Gasteiger partial charge on any atom is -0.462 e. The van der Waals surface area contributed by atoms with Gasteiger partial charge in [-0.2, -0.15) is 0 Å². The molecule has 0 spiro atoms. The van der Waals surface area contributed by atoms with Crippen LogP contribution in [0.1, 0.15) is 303 Å². The number of hydrogen-bond donors (Lipinski definition) is 0. The highest BCUT2D eigenvalue weighted by molar-refractivity contribution is 5.71. The van der Waals surface area contributed by atoms with Crippen molar-refractivity contribution in [2.24, 2.45) is 0 Å². The van der Waals surface area contributed by atoms with Crippen molar-refractivity contribution >= 4 is 17.9 Å². The molecule has 0 aliphatic rings. The quantitative estimate of drug-likeness (QED) is 0.0261. The van der Waals surface area contributed by atoms with Crippen molar-refractivity contribution in [1.82, 2.24) is 0 Å². The van der Waals surface area contributed by atoms with Crippen LogP contribution in [0, 0.1) is 0 Å². The lowest BCUT2D eigenvalue weighted by Crippen LogP contribution is -2.30. The van der Waals surface area contributed by atoms with Crippen LogP contribution in [0.3, 0.4) is 0 Å². The van der Waals surface area contributed by atoms with Gasteiger partial charge in [0.25, 0.3) is 0 Å². The highest BCUT2D eigenvalue weighted by Gasteiger charge is 2.19. The van der Waals surface area contributed by atoms with Crippen molar-refractivity contribution in [2.45, 2.75) is 309 Å². The molecule has 0 aromatic heterocycles. The van der Waals surface area contributed by atoms with E-state index < -0.39 is 6.10 Å². The number of allylic oxidation sites excluding steroid dienone is 18. The number of carbonyl (C=O) groups is 3. The number of unbranched alkanes of at least 4 members (excludes halogenated alkanes) is 29. The van der Waals surface area contributed by atoms with Crippen LogP contribution < -0.4 is 0 Å². The first-order valence-corrected chi connectivity index (χ1v) is 32.4. The van der Waals surface area contributed by atoms with E-state index >= 15 is 0 Å². The second-order valence-electron chi connectivity index (χ2n) is 21.3. The average molecular weight is 1070 g/mol. The Morgan fingerprint density at radius 2 is 0.506 bits per heavy atom. The molecule has 77 heavy (non-hydrogen) atoms. The summed E-state index contributed by atoms with van der Waals surface area (Å²) in [6.45, 7) is 6.49. The van der Waals surface area contributed by atoms with Crippen molar-refractivity contribution in [3.05, 3.63) is 109 Å². The van der Waals surface area contributed by atoms with E-state index in [9.17, 15) is 14.4 Å². The van der Waals surface area contributed by atoms with E-state index in [-0.39, 0.29) is 37.5 Å². The summed E-state index contributed by atoms with van der Waals surface area (Å²) in [5.41, 5.74) is 0. The summed E-state index contributed by atoms with van der Waals surface area (Å²) in [4.78, 5) is 38.2. The molecule has 0 heterocycles. The van der Waals surface area contributed by atoms with Gasteiger partial charge in [-0.05, 0) is 83.5 Å². The van der Waals surface area contributed by atoms with Crippen molar-refractivity contribution in [1.29, 1.82) is 0 Å². The Labute approximate surface area is 476 Å². The Morgan fingerprint density at radius 1 is 0.273 bits per heavy atom. The van der Waals surface area contributed by atoms with E-state index in [2.05, 4.69) is 130 Å². The summed E-state index contributed by atoms with van der Waals surface area (Å²) in [5, 5.41) is 0. The molecule has 0 saturated carbocycles. The van der Waals surface area contributed by atoms with Crippen molar-refractivity contribution in [3.63, 3.8) is 0 Å². The van der Waals surface area contributed by atoms with Gasteiger partial charge in [0.15, 0.2) is 6.10 Å². The van der Waals surface area contributed by atoms with Gasteiger partial charge in [-0.1, -0.05) is 310 Å². The molecule has 0 aliphatic heterocycles. The Kier molecular flexibility index (Phi) is 61.3. The summed E-state index contributed by atoms with van der Waals surface area (Å²) in [5.74, 6) is -0.947. The third-order valence-corrected chi connectivity index (χ3v) is 13.8. The number of esters is 3. The zero-order valence-electron chi connectivity index (χ0n) is 50.4. The molecule has 440 valence electrons. The van der Waals surface area contributed by atoms with Crippen LogP contribution in [0.15, 0.2) is 109 Å². The summed E-state index contributed by atoms with van der Waals surface area (Å²) in [7, 11) is 0. The molecular weight excluding hydrogens is 949 g/mol. The molecule has 0 rings (SSSR count). The number of rotatable bonds is 58. The smallest absolute Gasteiger partial charge is 0.306 e. The lowest BCUT2D eigenvalue weighted by Gasteiger charge is -2.18. The molecule has 0 saturated heterocycles. The molecule has 0 N–H and O–H groups in total. The Bertz CT molecular complexity index is 1560. The fourth-order valence-corrected chi connectivity index (χ4v) is 8.98. The van der Waals surface area contributed by atoms with Gasteiger partial charge in [0.1, 0.15) is 13.2 Å². The average Bonchev–Trinajstić information content (AvgIpc) is 3.43. The van der Waals surface area contributed by atoms with Crippen LogP contribution >= 0.6 is 0 Å². The molecule has 0 radical (unpaired) electrons. The van der Waals surface area contributed by atoms with Gasteiger partial charge in [0.05, 0.1) is 0 Å². The van der Waals surface area contributed by atoms with E-state index in [1.165, 1.54) is 154 Å². The predicted octanol–water partition coefficient (Wildman–Crippen LogP) is 22.2. The molecule has 1 atom stereocenters. The van der Waals surface area contributed by atoms with Gasteiger partial charge in [-0.3, -0.25) is 14.4 Å². The summed E-state index contributed by atoms with van der Waals surface area (Å²) in [6, 6.07) is 0. The van der Waals surface area contributed by atoms with E-state index in [1.807, 2.05) is 0 Å². The largest absolute Gasteiger partial charge is 0.462 e. The monoisotopic (exact) mass is 1070 g/mol. The number of carbonyl (C=O) groups excluding carboxylic acids is 3. The van der Waals surface area contributed by atoms with Gasteiger partial charge < -0.3 is 14.2 Å². The summed E-state index contributed by atoms with van der Waals surface area (Å²) in [6.07, 6.45) is 88.2. The highest BCUT2D eigenvalue weighted by Crippen LogP contribution is 2.17. The first-order chi connectivity index (χ1) is 38.0. The van der Waals surface area contributed by atoms with E-state index in [1.54, 1.807) is 0 Å². The van der Waals surface area contributed by atoms with Crippen LogP contribution in [0.4, 0.5) is 0 Å². The van der Waals surface area contributed by atoms with Crippen LogP contribution in [0.2, 0.25) is 0 Å². The van der Waals surface area contributed by atoms with Crippen LogP contribution in [-0.4, -0.2) is 37.2 Å². The fraction of sp³-hybridized carbons (Fsp3) is 0.704. The van der Waals surface area contributed by atoms with Gasteiger partial charge in [0, 0.05) is 19.3 Å². The number of ether oxygens (including phenoxy) is 3.